The lowest BCUT2D eigenvalue weighted by molar-refractivity contribution is -0.142. The van der Waals surface area contributed by atoms with E-state index in [1.807, 2.05) is 12.1 Å². The molecular weight excluding hydrogens is 304 g/mol. The van der Waals surface area contributed by atoms with E-state index in [9.17, 15) is 14.4 Å². The van der Waals surface area contributed by atoms with Crippen LogP contribution >= 0.6 is 11.8 Å². The first-order valence-electron chi connectivity index (χ1n) is 6.94. The Morgan fingerprint density at radius 3 is 2.68 bits per heavy atom. The van der Waals surface area contributed by atoms with Gasteiger partial charge in [0.15, 0.2) is 0 Å². The lowest BCUT2D eigenvalue weighted by Gasteiger charge is -2.29. The van der Waals surface area contributed by atoms with Gasteiger partial charge in [-0.05, 0) is 18.1 Å². The molecule has 0 fully saturated rings. The summed E-state index contributed by atoms with van der Waals surface area (Å²) in [6.45, 7) is 3.26. The summed E-state index contributed by atoms with van der Waals surface area (Å²) in [5.41, 5.74) is 0.690. The van der Waals surface area contributed by atoms with E-state index in [0.717, 1.165) is 4.90 Å². The van der Waals surface area contributed by atoms with Gasteiger partial charge in [0.1, 0.15) is 12.6 Å². The molecule has 1 heterocycles. The number of para-hydroxylation sites is 1. The Kier molecular flexibility index (Phi) is 5.07. The highest BCUT2D eigenvalue weighted by atomic mass is 32.2. The van der Waals surface area contributed by atoms with Crippen molar-refractivity contribution in [1.82, 2.24) is 5.32 Å². The molecule has 6 nitrogen and oxygen atoms in total. The maximum Gasteiger partial charge on any atom is 0.326 e. The molecule has 0 bridgehead atoms. The van der Waals surface area contributed by atoms with Crippen molar-refractivity contribution in [2.75, 3.05) is 17.2 Å². The number of nitrogens with one attached hydrogen (secondary N) is 1. The maximum absolute atomic E-state index is 12.1. The zero-order chi connectivity index (χ0) is 16.3. The van der Waals surface area contributed by atoms with Crippen molar-refractivity contribution in [1.29, 1.82) is 0 Å². The first-order valence-corrected chi connectivity index (χ1v) is 7.93. The van der Waals surface area contributed by atoms with Crippen molar-refractivity contribution in [3.63, 3.8) is 0 Å². The van der Waals surface area contributed by atoms with E-state index >= 15 is 0 Å². The van der Waals surface area contributed by atoms with E-state index in [-0.39, 0.29) is 24.1 Å². The number of anilines is 1. The highest BCUT2D eigenvalue weighted by Crippen LogP contribution is 2.34. The highest BCUT2D eigenvalue weighted by Gasteiger charge is 2.29. The fourth-order valence-electron chi connectivity index (χ4n) is 2.20. The first-order chi connectivity index (χ1) is 10.4. The Labute approximate surface area is 132 Å². The second-order valence-electron chi connectivity index (χ2n) is 5.36. The number of thioether (sulfide) groups is 1. The molecule has 0 unspecified atom stereocenters. The van der Waals surface area contributed by atoms with Crippen molar-refractivity contribution in [2.45, 2.75) is 24.8 Å². The molecule has 2 N–H and O–H groups in total. The van der Waals surface area contributed by atoms with Crippen LogP contribution in [0.3, 0.4) is 0 Å². The third-order valence-corrected chi connectivity index (χ3v) is 4.41. The number of carbonyl (C=O) groups is 3. The Bertz CT molecular complexity index is 603. The molecule has 2 amide bonds. The zero-order valence-corrected chi connectivity index (χ0v) is 13.2. The second kappa shape index (κ2) is 6.83. The van der Waals surface area contributed by atoms with Gasteiger partial charge in [0, 0.05) is 4.90 Å². The molecular formula is C15H18N2O4S. The maximum atomic E-state index is 12.1. The number of aliphatic carboxylic acids is 1. The average Bonchev–Trinajstić information content (AvgIpc) is 2.47. The van der Waals surface area contributed by atoms with Crippen molar-refractivity contribution >= 4 is 35.2 Å². The van der Waals surface area contributed by atoms with Crippen LogP contribution in [0.15, 0.2) is 29.2 Å². The van der Waals surface area contributed by atoms with Crippen molar-refractivity contribution < 1.29 is 19.5 Å². The molecule has 1 aliphatic heterocycles. The number of carboxylic acid groups (broad SMARTS) is 1. The number of rotatable bonds is 5. The van der Waals surface area contributed by atoms with E-state index < -0.39 is 17.9 Å². The number of fused-ring (bicyclic) bond motifs is 1. The lowest BCUT2D eigenvalue weighted by atomic mass is 10.0. The topological polar surface area (TPSA) is 86.7 Å². The van der Waals surface area contributed by atoms with Crippen molar-refractivity contribution in [2.24, 2.45) is 5.92 Å². The van der Waals surface area contributed by atoms with E-state index in [1.165, 1.54) is 16.7 Å². The van der Waals surface area contributed by atoms with Gasteiger partial charge in [-0.25, -0.2) is 4.79 Å². The van der Waals surface area contributed by atoms with Crippen LogP contribution in [0.25, 0.3) is 0 Å². The van der Waals surface area contributed by atoms with Crippen LogP contribution < -0.4 is 10.2 Å². The molecule has 0 radical (unpaired) electrons. The fraction of sp³-hybridized carbons (Fsp3) is 0.400. The molecule has 1 aromatic carbocycles. The minimum atomic E-state index is -1.08. The summed E-state index contributed by atoms with van der Waals surface area (Å²) >= 11 is 1.43. The first kappa shape index (κ1) is 16.4. The van der Waals surface area contributed by atoms with Gasteiger partial charge in [0.05, 0.1) is 11.4 Å². The monoisotopic (exact) mass is 322 g/mol. The molecule has 1 aromatic rings. The number of benzene rings is 1. The van der Waals surface area contributed by atoms with Gasteiger partial charge < -0.3 is 15.3 Å². The number of amides is 2. The van der Waals surface area contributed by atoms with Crippen LogP contribution in [-0.2, 0) is 14.4 Å². The minimum Gasteiger partial charge on any atom is -0.480 e. The molecule has 22 heavy (non-hydrogen) atoms. The second-order valence-corrected chi connectivity index (χ2v) is 6.38. The molecule has 2 rings (SSSR count). The minimum absolute atomic E-state index is 0.157. The van der Waals surface area contributed by atoms with Gasteiger partial charge in [0.25, 0.3) is 0 Å². The van der Waals surface area contributed by atoms with E-state index in [2.05, 4.69) is 5.32 Å². The molecule has 0 saturated heterocycles. The molecule has 1 atom stereocenters. The summed E-state index contributed by atoms with van der Waals surface area (Å²) in [6, 6.07) is 6.39. The zero-order valence-electron chi connectivity index (χ0n) is 12.4. The highest BCUT2D eigenvalue weighted by molar-refractivity contribution is 8.00. The number of hydrogen-bond acceptors (Lipinski definition) is 4. The van der Waals surface area contributed by atoms with Gasteiger partial charge in [-0.1, -0.05) is 26.0 Å². The van der Waals surface area contributed by atoms with Gasteiger partial charge >= 0.3 is 5.97 Å². The molecule has 1 aliphatic rings. The Morgan fingerprint density at radius 1 is 1.36 bits per heavy atom. The summed E-state index contributed by atoms with van der Waals surface area (Å²) in [5.74, 6) is -1.67. The van der Waals surface area contributed by atoms with E-state index in [1.54, 1.807) is 26.0 Å². The van der Waals surface area contributed by atoms with E-state index in [0.29, 0.717) is 5.69 Å². The molecule has 0 spiro atoms. The molecule has 0 aromatic heterocycles. The van der Waals surface area contributed by atoms with Gasteiger partial charge in [-0.2, -0.15) is 0 Å². The Morgan fingerprint density at radius 2 is 2.05 bits per heavy atom. The fourth-order valence-corrected chi connectivity index (χ4v) is 3.14. The standard InChI is InChI=1S/C15H18N2O4S/c1-9(2)14(15(20)21)16-12(18)7-17-10-5-3-4-6-11(10)22-8-13(17)19/h3-6,9,14H,7-8H2,1-2H3,(H,16,18)(H,20,21)/t14-/m0/s1. The Hall–Kier alpha value is -2.02. The van der Waals surface area contributed by atoms with Crippen LogP contribution in [0.5, 0.6) is 0 Å². The molecule has 118 valence electrons. The Balaban J connectivity index is 2.11. The summed E-state index contributed by atoms with van der Waals surface area (Å²) in [5, 5.41) is 11.6. The number of hydrogen-bond donors (Lipinski definition) is 2. The predicted octanol–water partition coefficient (Wildman–Crippen LogP) is 1.35. The smallest absolute Gasteiger partial charge is 0.326 e. The van der Waals surface area contributed by atoms with Gasteiger partial charge in [0.2, 0.25) is 11.8 Å². The SMILES string of the molecule is CC(C)[C@H](NC(=O)CN1C(=O)CSc2ccccc21)C(=O)O. The third kappa shape index (κ3) is 3.59. The normalized spacial score (nSPS) is 15.4. The van der Waals surface area contributed by atoms with Crippen molar-refractivity contribution in [3.8, 4) is 0 Å². The summed E-state index contributed by atoms with van der Waals surface area (Å²) in [6.07, 6.45) is 0. The molecule has 7 heteroatoms. The number of nitrogens with zero attached hydrogens (tertiary/aromatic N) is 1. The lowest BCUT2D eigenvalue weighted by Crippen LogP contribution is -2.50. The quantitative estimate of drug-likeness (QED) is 0.854. The number of carbonyl (C=O) groups excluding carboxylic acids is 2. The third-order valence-electron chi connectivity index (χ3n) is 3.36. The predicted molar refractivity (Wildman–Crippen MR) is 83.9 cm³/mol. The molecule has 0 aliphatic carbocycles. The van der Waals surface area contributed by atoms with Gasteiger partial charge in [-0.3, -0.25) is 9.59 Å². The van der Waals surface area contributed by atoms with Gasteiger partial charge in [-0.15, -0.1) is 11.8 Å². The molecule has 0 saturated carbocycles. The summed E-state index contributed by atoms with van der Waals surface area (Å²) < 4.78 is 0. The summed E-state index contributed by atoms with van der Waals surface area (Å²) in [7, 11) is 0. The number of carboxylic acids is 1. The van der Waals surface area contributed by atoms with Crippen LogP contribution in [0, 0.1) is 5.92 Å². The van der Waals surface area contributed by atoms with Crippen LogP contribution in [0.1, 0.15) is 13.8 Å². The van der Waals surface area contributed by atoms with Crippen molar-refractivity contribution in [3.05, 3.63) is 24.3 Å². The van der Waals surface area contributed by atoms with Crippen LogP contribution in [0.2, 0.25) is 0 Å². The van der Waals surface area contributed by atoms with E-state index in [4.69, 9.17) is 5.11 Å². The average molecular weight is 322 g/mol. The van der Waals surface area contributed by atoms with Crippen LogP contribution in [0.4, 0.5) is 5.69 Å². The largest absolute Gasteiger partial charge is 0.480 e. The summed E-state index contributed by atoms with van der Waals surface area (Å²) in [4.78, 5) is 37.6. The van der Waals surface area contributed by atoms with Crippen LogP contribution in [-0.4, -0.2) is 41.2 Å².